The van der Waals surface area contributed by atoms with Crippen molar-refractivity contribution >= 4 is 5.97 Å². The van der Waals surface area contributed by atoms with Gasteiger partial charge < -0.3 is 9.84 Å². The van der Waals surface area contributed by atoms with E-state index in [1.807, 2.05) is 20.8 Å². The van der Waals surface area contributed by atoms with Crippen molar-refractivity contribution < 1.29 is 14.6 Å². The summed E-state index contributed by atoms with van der Waals surface area (Å²) in [6.07, 6.45) is 5.20. The standard InChI is InChI=1S/C13H24O3/c1-13(2,3)16-12(15)9-8-10-6-4-5-7-11(10)14/h10-11,14H,4-9H2,1-3H3/t10-,11+/m0/s1. The predicted molar refractivity (Wildman–Crippen MR) is 63.0 cm³/mol. The van der Waals surface area contributed by atoms with Gasteiger partial charge in [0.25, 0.3) is 0 Å². The van der Waals surface area contributed by atoms with Gasteiger partial charge in [0.2, 0.25) is 0 Å². The van der Waals surface area contributed by atoms with E-state index in [4.69, 9.17) is 4.74 Å². The highest BCUT2D eigenvalue weighted by atomic mass is 16.6. The molecule has 3 nitrogen and oxygen atoms in total. The van der Waals surface area contributed by atoms with Crippen LogP contribution in [0.1, 0.15) is 59.3 Å². The third-order valence-corrected chi connectivity index (χ3v) is 3.01. The molecule has 0 spiro atoms. The third kappa shape index (κ3) is 4.97. The zero-order valence-corrected chi connectivity index (χ0v) is 10.7. The molecule has 0 aromatic carbocycles. The molecule has 0 heterocycles. The molecule has 0 unspecified atom stereocenters. The van der Waals surface area contributed by atoms with Crippen LogP contribution in [0, 0.1) is 5.92 Å². The van der Waals surface area contributed by atoms with Crippen molar-refractivity contribution in [3.8, 4) is 0 Å². The molecule has 1 aliphatic rings. The van der Waals surface area contributed by atoms with Gasteiger partial charge in [-0.3, -0.25) is 4.79 Å². The van der Waals surface area contributed by atoms with E-state index in [2.05, 4.69) is 0 Å². The molecule has 0 aliphatic heterocycles. The highest BCUT2D eigenvalue weighted by Gasteiger charge is 2.24. The van der Waals surface area contributed by atoms with Gasteiger partial charge >= 0.3 is 5.97 Å². The molecule has 1 aliphatic carbocycles. The fourth-order valence-corrected chi connectivity index (χ4v) is 2.22. The first-order valence-electron chi connectivity index (χ1n) is 6.28. The number of rotatable bonds is 3. The quantitative estimate of drug-likeness (QED) is 0.755. The SMILES string of the molecule is CC(C)(C)OC(=O)CC[C@@H]1CCCC[C@H]1O. The van der Waals surface area contributed by atoms with Gasteiger partial charge in [0.05, 0.1) is 6.10 Å². The number of esters is 1. The van der Waals surface area contributed by atoms with Gasteiger partial charge in [-0.1, -0.05) is 12.8 Å². The van der Waals surface area contributed by atoms with E-state index in [9.17, 15) is 9.90 Å². The van der Waals surface area contributed by atoms with Crippen molar-refractivity contribution in [1.82, 2.24) is 0 Å². The second-order valence-corrected chi connectivity index (χ2v) is 5.74. The molecular formula is C13H24O3. The Kier molecular flexibility index (Phi) is 4.78. The van der Waals surface area contributed by atoms with Crippen molar-refractivity contribution in [2.24, 2.45) is 5.92 Å². The molecule has 94 valence electrons. The van der Waals surface area contributed by atoms with Crippen LogP contribution in [0.5, 0.6) is 0 Å². The van der Waals surface area contributed by atoms with E-state index in [1.165, 1.54) is 6.42 Å². The van der Waals surface area contributed by atoms with E-state index in [0.29, 0.717) is 12.3 Å². The van der Waals surface area contributed by atoms with Gasteiger partial charge in [-0.2, -0.15) is 0 Å². The molecule has 16 heavy (non-hydrogen) atoms. The van der Waals surface area contributed by atoms with Crippen LogP contribution in [0.3, 0.4) is 0 Å². The van der Waals surface area contributed by atoms with Gasteiger partial charge in [0.1, 0.15) is 5.60 Å². The van der Waals surface area contributed by atoms with Crippen LogP contribution >= 0.6 is 0 Å². The molecule has 1 N–H and O–H groups in total. The van der Waals surface area contributed by atoms with Gasteiger partial charge in [0, 0.05) is 6.42 Å². The first-order valence-corrected chi connectivity index (χ1v) is 6.28. The Hall–Kier alpha value is -0.570. The highest BCUT2D eigenvalue weighted by molar-refractivity contribution is 5.69. The van der Waals surface area contributed by atoms with E-state index in [0.717, 1.165) is 25.7 Å². The zero-order valence-electron chi connectivity index (χ0n) is 10.7. The number of hydrogen-bond donors (Lipinski definition) is 1. The number of aliphatic hydroxyl groups excluding tert-OH is 1. The Morgan fingerprint density at radius 1 is 1.31 bits per heavy atom. The summed E-state index contributed by atoms with van der Waals surface area (Å²) in [6.45, 7) is 5.63. The molecule has 0 amide bonds. The zero-order chi connectivity index (χ0) is 12.2. The van der Waals surface area contributed by atoms with Crippen LogP contribution in [0.15, 0.2) is 0 Å². The Morgan fingerprint density at radius 2 is 1.94 bits per heavy atom. The molecular weight excluding hydrogens is 204 g/mol. The molecule has 0 bridgehead atoms. The Balaban J connectivity index is 2.25. The lowest BCUT2D eigenvalue weighted by atomic mass is 9.83. The fourth-order valence-electron chi connectivity index (χ4n) is 2.22. The third-order valence-electron chi connectivity index (χ3n) is 3.01. The van der Waals surface area contributed by atoms with Crippen LogP contribution in [0.4, 0.5) is 0 Å². The summed E-state index contributed by atoms with van der Waals surface area (Å²) in [6, 6.07) is 0. The van der Waals surface area contributed by atoms with Crippen molar-refractivity contribution in [3.05, 3.63) is 0 Å². The van der Waals surface area contributed by atoms with E-state index in [1.54, 1.807) is 0 Å². The lowest BCUT2D eigenvalue weighted by molar-refractivity contribution is -0.155. The lowest BCUT2D eigenvalue weighted by Crippen LogP contribution is -2.27. The molecule has 3 heteroatoms. The second kappa shape index (κ2) is 5.67. The number of hydrogen-bond acceptors (Lipinski definition) is 3. The fraction of sp³-hybridized carbons (Fsp3) is 0.923. The summed E-state index contributed by atoms with van der Waals surface area (Å²) in [5, 5.41) is 9.76. The molecule has 1 rings (SSSR count). The topological polar surface area (TPSA) is 46.5 Å². The van der Waals surface area contributed by atoms with E-state index in [-0.39, 0.29) is 12.1 Å². The van der Waals surface area contributed by atoms with Gasteiger partial charge in [-0.25, -0.2) is 0 Å². The maximum atomic E-state index is 11.5. The summed E-state index contributed by atoms with van der Waals surface area (Å²) >= 11 is 0. The minimum Gasteiger partial charge on any atom is -0.460 e. The normalized spacial score (nSPS) is 26.5. The van der Waals surface area contributed by atoms with Gasteiger partial charge in [-0.15, -0.1) is 0 Å². The summed E-state index contributed by atoms with van der Waals surface area (Å²) in [5.41, 5.74) is -0.401. The van der Waals surface area contributed by atoms with Crippen molar-refractivity contribution in [2.45, 2.75) is 71.0 Å². The van der Waals surface area contributed by atoms with E-state index < -0.39 is 5.60 Å². The molecule has 0 radical (unpaired) electrons. The minimum absolute atomic E-state index is 0.148. The Bertz CT molecular complexity index is 230. The van der Waals surface area contributed by atoms with Crippen LogP contribution in [-0.2, 0) is 9.53 Å². The summed E-state index contributed by atoms with van der Waals surface area (Å²) in [7, 11) is 0. The first-order chi connectivity index (χ1) is 7.38. The highest BCUT2D eigenvalue weighted by Crippen LogP contribution is 2.28. The maximum absolute atomic E-state index is 11.5. The molecule has 0 aromatic rings. The van der Waals surface area contributed by atoms with Crippen LogP contribution < -0.4 is 0 Å². The number of carbonyl (C=O) groups excluding carboxylic acids is 1. The number of aliphatic hydroxyl groups is 1. The molecule has 2 atom stereocenters. The molecule has 1 fully saturated rings. The lowest BCUT2D eigenvalue weighted by Gasteiger charge is -2.27. The summed E-state index contributed by atoms with van der Waals surface area (Å²) < 4.78 is 5.24. The van der Waals surface area contributed by atoms with Crippen LogP contribution in [0.25, 0.3) is 0 Å². The minimum atomic E-state index is -0.401. The largest absolute Gasteiger partial charge is 0.460 e. The smallest absolute Gasteiger partial charge is 0.306 e. The van der Waals surface area contributed by atoms with Crippen molar-refractivity contribution in [2.75, 3.05) is 0 Å². The molecule has 0 saturated heterocycles. The Labute approximate surface area is 98.2 Å². The average Bonchev–Trinajstić information content (AvgIpc) is 2.14. The maximum Gasteiger partial charge on any atom is 0.306 e. The second-order valence-electron chi connectivity index (χ2n) is 5.74. The van der Waals surface area contributed by atoms with E-state index >= 15 is 0 Å². The molecule has 1 saturated carbocycles. The summed E-state index contributed by atoms with van der Waals surface area (Å²) in [5.74, 6) is 0.145. The van der Waals surface area contributed by atoms with Gasteiger partial charge in [0.15, 0.2) is 0 Å². The first kappa shape index (κ1) is 13.5. The predicted octanol–water partition coefficient (Wildman–Crippen LogP) is 2.66. The molecule has 0 aromatic heterocycles. The summed E-state index contributed by atoms with van der Waals surface area (Å²) in [4.78, 5) is 11.5. The van der Waals surface area contributed by atoms with Crippen molar-refractivity contribution in [3.63, 3.8) is 0 Å². The van der Waals surface area contributed by atoms with Crippen LogP contribution in [0.2, 0.25) is 0 Å². The average molecular weight is 228 g/mol. The van der Waals surface area contributed by atoms with Crippen LogP contribution in [-0.4, -0.2) is 22.8 Å². The van der Waals surface area contributed by atoms with Crippen molar-refractivity contribution in [1.29, 1.82) is 0 Å². The Morgan fingerprint density at radius 3 is 2.50 bits per heavy atom. The number of ether oxygens (including phenoxy) is 1. The number of carbonyl (C=O) groups is 1. The van der Waals surface area contributed by atoms with Gasteiger partial charge in [-0.05, 0) is 46.0 Å². The monoisotopic (exact) mass is 228 g/mol.